The molecule has 84 valence electrons. The summed E-state index contributed by atoms with van der Waals surface area (Å²) in [4.78, 5) is 2.42. The van der Waals surface area contributed by atoms with E-state index in [0.717, 1.165) is 39.0 Å². The van der Waals surface area contributed by atoms with Crippen LogP contribution in [0.3, 0.4) is 0 Å². The van der Waals surface area contributed by atoms with Crippen molar-refractivity contribution in [3.63, 3.8) is 0 Å². The summed E-state index contributed by atoms with van der Waals surface area (Å²) in [6.07, 6.45) is 4.67. The Morgan fingerprint density at radius 2 is 2.13 bits per heavy atom. The SMILES string of the molecule is CC1CCCC(C#N)(N2CCNCC2)C1. The summed E-state index contributed by atoms with van der Waals surface area (Å²) in [5.41, 5.74) is -0.139. The van der Waals surface area contributed by atoms with E-state index in [0.29, 0.717) is 5.92 Å². The Balaban J connectivity index is 2.09. The molecule has 0 amide bonds. The van der Waals surface area contributed by atoms with Gasteiger partial charge in [0.1, 0.15) is 5.54 Å². The van der Waals surface area contributed by atoms with Gasteiger partial charge in [0.05, 0.1) is 6.07 Å². The maximum absolute atomic E-state index is 9.50. The zero-order valence-electron chi connectivity index (χ0n) is 9.63. The molecule has 2 rings (SSSR count). The topological polar surface area (TPSA) is 39.1 Å². The lowest BCUT2D eigenvalue weighted by atomic mass is 9.76. The minimum absolute atomic E-state index is 0.139. The third kappa shape index (κ3) is 2.16. The molecule has 0 radical (unpaired) electrons. The summed E-state index contributed by atoms with van der Waals surface area (Å²) in [5, 5.41) is 12.9. The number of hydrogen-bond donors (Lipinski definition) is 1. The number of nitrogens with one attached hydrogen (secondary N) is 1. The Bertz CT molecular complexity index is 252. The molecule has 2 atom stereocenters. The molecule has 3 nitrogen and oxygen atoms in total. The minimum atomic E-state index is -0.139. The van der Waals surface area contributed by atoms with E-state index in [2.05, 4.69) is 23.2 Å². The summed E-state index contributed by atoms with van der Waals surface area (Å²) < 4.78 is 0. The van der Waals surface area contributed by atoms with Crippen LogP contribution in [-0.2, 0) is 0 Å². The van der Waals surface area contributed by atoms with E-state index in [1.807, 2.05) is 0 Å². The van der Waals surface area contributed by atoms with Crippen molar-refractivity contribution >= 4 is 0 Å². The average Bonchev–Trinajstić information content (AvgIpc) is 2.30. The van der Waals surface area contributed by atoms with Gasteiger partial charge in [-0.05, 0) is 18.8 Å². The largest absolute Gasteiger partial charge is 0.314 e. The van der Waals surface area contributed by atoms with Gasteiger partial charge in [-0.1, -0.05) is 19.8 Å². The van der Waals surface area contributed by atoms with Gasteiger partial charge in [-0.25, -0.2) is 0 Å². The van der Waals surface area contributed by atoms with Crippen LogP contribution in [0.15, 0.2) is 0 Å². The number of nitrogens with zero attached hydrogens (tertiary/aromatic N) is 2. The van der Waals surface area contributed by atoms with Crippen molar-refractivity contribution in [2.24, 2.45) is 5.92 Å². The zero-order valence-corrected chi connectivity index (χ0v) is 9.63. The molecule has 0 aromatic heterocycles. The van der Waals surface area contributed by atoms with Crippen LogP contribution in [0, 0.1) is 17.2 Å². The Morgan fingerprint density at radius 1 is 1.40 bits per heavy atom. The molecule has 1 saturated heterocycles. The van der Waals surface area contributed by atoms with E-state index < -0.39 is 0 Å². The molecule has 15 heavy (non-hydrogen) atoms. The zero-order chi connectivity index (χ0) is 10.7. The Labute approximate surface area is 92.4 Å². The average molecular weight is 207 g/mol. The van der Waals surface area contributed by atoms with Gasteiger partial charge in [-0.2, -0.15) is 5.26 Å². The highest BCUT2D eigenvalue weighted by Gasteiger charge is 2.40. The van der Waals surface area contributed by atoms with Crippen molar-refractivity contribution in [3.05, 3.63) is 0 Å². The lowest BCUT2D eigenvalue weighted by molar-refractivity contribution is 0.0667. The first-order valence-electron chi connectivity index (χ1n) is 6.14. The van der Waals surface area contributed by atoms with E-state index >= 15 is 0 Å². The van der Waals surface area contributed by atoms with Crippen LogP contribution < -0.4 is 5.32 Å². The number of rotatable bonds is 1. The third-order valence-corrected chi connectivity index (χ3v) is 3.90. The summed E-state index contributed by atoms with van der Waals surface area (Å²) in [7, 11) is 0. The molecule has 0 bridgehead atoms. The van der Waals surface area contributed by atoms with Crippen LogP contribution in [-0.4, -0.2) is 36.6 Å². The van der Waals surface area contributed by atoms with Crippen molar-refractivity contribution in [2.45, 2.75) is 38.1 Å². The van der Waals surface area contributed by atoms with Gasteiger partial charge in [-0.3, -0.25) is 4.90 Å². The second kappa shape index (κ2) is 4.51. The van der Waals surface area contributed by atoms with Crippen LogP contribution >= 0.6 is 0 Å². The van der Waals surface area contributed by atoms with Gasteiger partial charge in [0.25, 0.3) is 0 Å². The lowest BCUT2D eigenvalue weighted by Gasteiger charge is -2.45. The van der Waals surface area contributed by atoms with Crippen LogP contribution in [0.4, 0.5) is 0 Å². The van der Waals surface area contributed by atoms with Gasteiger partial charge in [0.15, 0.2) is 0 Å². The highest BCUT2D eigenvalue weighted by Crippen LogP contribution is 2.36. The van der Waals surface area contributed by atoms with Gasteiger partial charge in [-0.15, -0.1) is 0 Å². The molecule has 0 aromatic carbocycles. The maximum Gasteiger partial charge on any atom is 0.109 e. The summed E-state index contributed by atoms with van der Waals surface area (Å²) >= 11 is 0. The van der Waals surface area contributed by atoms with Gasteiger partial charge in [0.2, 0.25) is 0 Å². The highest BCUT2D eigenvalue weighted by atomic mass is 15.2. The standard InChI is InChI=1S/C12H21N3/c1-11-3-2-4-12(9-11,10-13)15-7-5-14-6-8-15/h11,14H,2-9H2,1H3. The van der Waals surface area contributed by atoms with Crippen molar-refractivity contribution in [1.29, 1.82) is 5.26 Å². The molecule has 3 heteroatoms. The molecule has 2 fully saturated rings. The predicted octanol–water partition coefficient (Wildman–Crippen LogP) is 1.36. The van der Waals surface area contributed by atoms with E-state index in [4.69, 9.17) is 0 Å². The van der Waals surface area contributed by atoms with Crippen molar-refractivity contribution in [3.8, 4) is 6.07 Å². The summed E-state index contributed by atoms with van der Waals surface area (Å²) in [5.74, 6) is 0.716. The fraction of sp³-hybridized carbons (Fsp3) is 0.917. The quantitative estimate of drug-likeness (QED) is 0.705. The van der Waals surface area contributed by atoms with Crippen LogP contribution in [0.5, 0.6) is 0 Å². The van der Waals surface area contributed by atoms with E-state index in [9.17, 15) is 5.26 Å². The van der Waals surface area contributed by atoms with E-state index in [-0.39, 0.29) is 5.54 Å². The lowest BCUT2D eigenvalue weighted by Crippen LogP contribution is -2.57. The number of nitriles is 1. The summed E-state index contributed by atoms with van der Waals surface area (Å²) in [6.45, 7) is 6.45. The fourth-order valence-electron chi connectivity index (χ4n) is 3.08. The number of hydrogen-bond acceptors (Lipinski definition) is 3. The molecule has 1 saturated carbocycles. The van der Waals surface area contributed by atoms with Crippen LogP contribution in [0.1, 0.15) is 32.6 Å². The molecule has 1 heterocycles. The van der Waals surface area contributed by atoms with Crippen molar-refractivity contribution < 1.29 is 0 Å². The van der Waals surface area contributed by atoms with Crippen LogP contribution in [0.25, 0.3) is 0 Å². The third-order valence-electron chi connectivity index (χ3n) is 3.90. The summed E-state index contributed by atoms with van der Waals surface area (Å²) in [6, 6.07) is 2.62. The molecular formula is C12H21N3. The fourth-order valence-corrected chi connectivity index (χ4v) is 3.08. The second-order valence-electron chi connectivity index (χ2n) is 5.08. The molecule has 1 aliphatic heterocycles. The number of piperazine rings is 1. The molecule has 0 spiro atoms. The van der Waals surface area contributed by atoms with E-state index in [1.165, 1.54) is 12.8 Å². The first-order valence-corrected chi connectivity index (χ1v) is 6.14. The van der Waals surface area contributed by atoms with Crippen molar-refractivity contribution in [2.75, 3.05) is 26.2 Å². The Hall–Kier alpha value is -0.590. The van der Waals surface area contributed by atoms with Gasteiger partial charge < -0.3 is 5.32 Å². The predicted molar refractivity (Wildman–Crippen MR) is 60.4 cm³/mol. The van der Waals surface area contributed by atoms with Gasteiger partial charge >= 0.3 is 0 Å². The molecule has 2 unspecified atom stereocenters. The molecule has 1 N–H and O–H groups in total. The van der Waals surface area contributed by atoms with Gasteiger partial charge in [0, 0.05) is 26.2 Å². The molecule has 1 aliphatic carbocycles. The maximum atomic E-state index is 9.50. The smallest absolute Gasteiger partial charge is 0.109 e. The van der Waals surface area contributed by atoms with E-state index in [1.54, 1.807) is 0 Å². The Morgan fingerprint density at radius 3 is 2.73 bits per heavy atom. The van der Waals surface area contributed by atoms with Crippen LogP contribution in [0.2, 0.25) is 0 Å². The molecule has 0 aromatic rings. The first-order chi connectivity index (χ1) is 7.27. The normalized spacial score (nSPS) is 38.5. The van der Waals surface area contributed by atoms with Crippen molar-refractivity contribution in [1.82, 2.24) is 10.2 Å². The molecule has 2 aliphatic rings. The second-order valence-corrected chi connectivity index (χ2v) is 5.08. The minimum Gasteiger partial charge on any atom is -0.314 e. The molecular weight excluding hydrogens is 186 g/mol. The highest BCUT2D eigenvalue weighted by molar-refractivity contribution is 5.11. The first kappa shape index (κ1) is 10.9. The monoisotopic (exact) mass is 207 g/mol. The Kier molecular flexibility index (Phi) is 3.28.